The Balaban J connectivity index is 0.00000338. The number of sulfonamides is 1. The van der Waals surface area contributed by atoms with E-state index in [2.05, 4.69) is 26.8 Å². The summed E-state index contributed by atoms with van der Waals surface area (Å²) in [6.07, 6.45) is 2.33. The highest BCUT2D eigenvalue weighted by atomic mass is 35.5. The van der Waals surface area contributed by atoms with Gasteiger partial charge in [-0.1, -0.05) is 12.1 Å². The lowest BCUT2D eigenvalue weighted by molar-refractivity contribution is 0.0951. The number of hydrogen-bond donors (Lipinski definition) is 3. The molecule has 26 heavy (non-hydrogen) atoms. The van der Waals surface area contributed by atoms with Crippen molar-refractivity contribution in [1.29, 1.82) is 0 Å². The third-order valence-electron chi connectivity index (χ3n) is 3.97. The van der Waals surface area contributed by atoms with Crippen molar-refractivity contribution in [2.45, 2.75) is 11.3 Å². The van der Waals surface area contributed by atoms with Crippen LogP contribution < -0.4 is 15.4 Å². The maximum absolute atomic E-state index is 12.2. The highest BCUT2D eigenvalue weighted by Gasteiger charge is 2.15. The molecule has 1 aromatic rings. The van der Waals surface area contributed by atoms with Crippen LogP contribution in [0.4, 0.5) is 0 Å². The van der Waals surface area contributed by atoms with Gasteiger partial charge in [0.05, 0.1) is 4.90 Å². The molecule has 146 valence electrons. The number of benzene rings is 1. The van der Waals surface area contributed by atoms with Crippen molar-refractivity contribution in [2.75, 3.05) is 45.8 Å². The molecular formula is C17H27ClN4O3S. The topological polar surface area (TPSA) is 90.5 Å². The van der Waals surface area contributed by atoms with Crippen LogP contribution in [0.3, 0.4) is 0 Å². The Bertz CT molecular complexity index is 691. The fourth-order valence-electron chi connectivity index (χ4n) is 2.60. The minimum atomic E-state index is -3.63. The SMILES string of the molecule is C=CCNS(=O)(=O)c1cccc(C(=O)NCCCN2CCNCC2)c1.Cl. The summed E-state index contributed by atoms with van der Waals surface area (Å²) < 4.78 is 26.6. The smallest absolute Gasteiger partial charge is 0.251 e. The number of nitrogens with one attached hydrogen (secondary N) is 3. The van der Waals surface area contributed by atoms with E-state index in [1.54, 1.807) is 12.1 Å². The van der Waals surface area contributed by atoms with E-state index in [1.807, 2.05) is 0 Å². The number of hydrogen-bond acceptors (Lipinski definition) is 5. The van der Waals surface area contributed by atoms with Crippen LogP contribution in [0.1, 0.15) is 16.8 Å². The number of halogens is 1. The maximum Gasteiger partial charge on any atom is 0.251 e. The van der Waals surface area contributed by atoms with Crippen molar-refractivity contribution in [3.8, 4) is 0 Å². The normalized spacial score (nSPS) is 15.1. The molecule has 0 atom stereocenters. The quantitative estimate of drug-likeness (QED) is 0.415. The van der Waals surface area contributed by atoms with Gasteiger partial charge in [-0.25, -0.2) is 13.1 Å². The molecule has 1 saturated heterocycles. The molecule has 2 rings (SSSR count). The fourth-order valence-corrected chi connectivity index (χ4v) is 3.64. The predicted octanol–water partition coefficient (Wildman–Crippen LogP) is 0.598. The third kappa shape index (κ3) is 7.05. The molecule has 0 aromatic heterocycles. The van der Waals surface area contributed by atoms with E-state index in [0.717, 1.165) is 39.1 Å². The molecule has 0 saturated carbocycles. The highest BCUT2D eigenvalue weighted by molar-refractivity contribution is 7.89. The molecular weight excluding hydrogens is 376 g/mol. The van der Waals surface area contributed by atoms with Gasteiger partial charge in [0.25, 0.3) is 5.91 Å². The summed E-state index contributed by atoms with van der Waals surface area (Å²) >= 11 is 0. The maximum atomic E-state index is 12.2. The molecule has 0 bridgehead atoms. The summed E-state index contributed by atoms with van der Waals surface area (Å²) in [6.45, 7) is 9.22. The molecule has 1 aliphatic heterocycles. The molecule has 1 amide bonds. The molecule has 9 heteroatoms. The lowest BCUT2D eigenvalue weighted by atomic mass is 10.2. The Kier molecular flexibility index (Phi) is 9.82. The second-order valence-electron chi connectivity index (χ2n) is 5.87. The van der Waals surface area contributed by atoms with E-state index in [1.165, 1.54) is 18.2 Å². The number of rotatable bonds is 9. The van der Waals surface area contributed by atoms with Crippen molar-refractivity contribution in [2.24, 2.45) is 0 Å². The number of carbonyl (C=O) groups excluding carboxylic acids is 1. The van der Waals surface area contributed by atoms with Crippen molar-refractivity contribution in [3.63, 3.8) is 0 Å². The first-order chi connectivity index (χ1) is 12.0. The Morgan fingerprint density at radius 2 is 2.04 bits per heavy atom. The fraction of sp³-hybridized carbons (Fsp3) is 0.471. The molecule has 0 aliphatic carbocycles. The van der Waals surface area contributed by atoms with Gasteiger partial charge in [0.2, 0.25) is 10.0 Å². The highest BCUT2D eigenvalue weighted by Crippen LogP contribution is 2.11. The largest absolute Gasteiger partial charge is 0.352 e. The van der Waals surface area contributed by atoms with Crippen molar-refractivity contribution in [1.82, 2.24) is 20.3 Å². The van der Waals surface area contributed by atoms with E-state index in [0.29, 0.717) is 12.1 Å². The summed E-state index contributed by atoms with van der Waals surface area (Å²) in [7, 11) is -3.63. The van der Waals surface area contributed by atoms with Gasteiger partial charge in [0.1, 0.15) is 0 Å². The molecule has 0 spiro atoms. The molecule has 1 fully saturated rings. The van der Waals surface area contributed by atoms with Gasteiger partial charge in [0.15, 0.2) is 0 Å². The Morgan fingerprint density at radius 3 is 2.73 bits per heavy atom. The number of nitrogens with zero attached hydrogens (tertiary/aromatic N) is 1. The van der Waals surface area contributed by atoms with E-state index in [4.69, 9.17) is 0 Å². The molecule has 1 aromatic carbocycles. The van der Waals surface area contributed by atoms with Crippen molar-refractivity contribution in [3.05, 3.63) is 42.5 Å². The number of amides is 1. The second-order valence-corrected chi connectivity index (χ2v) is 7.64. The van der Waals surface area contributed by atoms with Crippen LogP contribution in [0, 0.1) is 0 Å². The van der Waals surface area contributed by atoms with Crippen LogP contribution in [-0.2, 0) is 10.0 Å². The monoisotopic (exact) mass is 402 g/mol. The lowest BCUT2D eigenvalue weighted by Crippen LogP contribution is -2.44. The zero-order valence-corrected chi connectivity index (χ0v) is 16.4. The van der Waals surface area contributed by atoms with E-state index >= 15 is 0 Å². The molecule has 0 radical (unpaired) electrons. The van der Waals surface area contributed by atoms with Crippen molar-refractivity contribution >= 4 is 28.3 Å². The average molecular weight is 403 g/mol. The summed E-state index contributed by atoms with van der Waals surface area (Å²) in [5, 5.41) is 6.15. The first kappa shape index (κ1) is 22.6. The first-order valence-corrected chi connectivity index (χ1v) is 9.93. The van der Waals surface area contributed by atoms with E-state index in [9.17, 15) is 13.2 Å². The van der Waals surface area contributed by atoms with E-state index in [-0.39, 0.29) is 29.8 Å². The van der Waals surface area contributed by atoms with Crippen LogP contribution in [0.2, 0.25) is 0 Å². The molecule has 0 unspecified atom stereocenters. The van der Waals surface area contributed by atoms with Crippen LogP contribution in [0.25, 0.3) is 0 Å². The molecule has 7 nitrogen and oxygen atoms in total. The van der Waals surface area contributed by atoms with Gasteiger partial charge in [-0.3, -0.25) is 4.79 Å². The van der Waals surface area contributed by atoms with Gasteiger partial charge >= 0.3 is 0 Å². The van der Waals surface area contributed by atoms with Crippen LogP contribution in [-0.4, -0.2) is 65.0 Å². The summed E-state index contributed by atoms with van der Waals surface area (Å²) in [6, 6.07) is 6.03. The van der Waals surface area contributed by atoms with Gasteiger partial charge in [-0.15, -0.1) is 19.0 Å². The Hall–Kier alpha value is -1.45. The minimum Gasteiger partial charge on any atom is -0.352 e. The zero-order chi connectivity index (χ0) is 18.1. The van der Waals surface area contributed by atoms with Gasteiger partial charge in [0, 0.05) is 44.8 Å². The van der Waals surface area contributed by atoms with Crippen LogP contribution in [0.5, 0.6) is 0 Å². The van der Waals surface area contributed by atoms with Gasteiger partial charge in [-0.2, -0.15) is 0 Å². The minimum absolute atomic E-state index is 0. The zero-order valence-electron chi connectivity index (χ0n) is 14.7. The van der Waals surface area contributed by atoms with Crippen molar-refractivity contribution < 1.29 is 13.2 Å². The summed E-state index contributed by atoms with van der Waals surface area (Å²) in [5.74, 6) is -0.263. The van der Waals surface area contributed by atoms with Crippen LogP contribution >= 0.6 is 12.4 Å². The summed E-state index contributed by atoms with van der Waals surface area (Å²) in [5.41, 5.74) is 0.337. The van der Waals surface area contributed by atoms with Crippen LogP contribution in [0.15, 0.2) is 41.8 Å². The standard InChI is InChI=1S/C17H26N4O3S.ClH/c1-2-7-20-25(23,24)16-6-3-5-15(14-16)17(22)19-8-4-11-21-12-9-18-10-13-21;/h2-3,5-6,14,18,20H,1,4,7-13H2,(H,19,22);1H. The third-order valence-corrected chi connectivity index (χ3v) is 5.39. The van der Waals surface area contributed by atoms with Gasteiger partial charge < -0.3 is 15.5 Å². The predicted molar refractivity (Wildman–Crippen MR) is 105 cm³/mol. The number of carbonyl (C=O) groups is 1. The molecule has 3 N–H and O–H groups in total. The number of piperazine rings is 1. The average Bonchev–Trinajstić information content (AvgIpc) is 2.64. The Morgan fingerprint density at radius 1 is 1.31 bits per heavy atom. The van der Waals surface area contributed by atoms with Gasteiger partial charge in [-0.05, 0) is 31.2 Å². The second kappa shape index (κ2) is 11.3. The molecule has 1 heterocycles. The van der Waals surface area contributed by atoms with E-state index < -0.39 is 10.0 Å². The lowest BCUT2D eigenvalue weighted by Gasteiger charge is -2.27. The summed E-state index contributed by atoms with van der Waals surface area (Å²) in [4.78, 5) is 14.7. The first-order valence-electron chi connectivity index (χ1n) is 8.45. The Labute approximate surface area is 161 Å². The molecule has 1 aliphatic rings.